The van der Waals surface area contributed by atoms with E-state index in [0.717, 1.165) is 24.1 Å². The number of urea groups is 1. The SMILES string of the molecule is CCCNC(=O)NC1CCCOc2c1nn(-c1ccccc1Cl)c2-c1ccc(C#N)cc1. The van der Waals surface area contributed by atoms with E-state index in [1.54, 1.807) is 22.9 Å². The Balaban J connectivity index is 1.85. The van der Waals surface area contributed by atoms with Crippen LogP contribution in [0.2, 0.25) is 5.02 Å². The normalized spacial score (nSPS) is 15.1. The van der Waals surface area contributed by atoms with E-state index in [1.807, 2.05) is 37.3 Å². The molecule has 1 aromatic heterocycles. The Morgan fingerprint density at radius 2 is 2.06 bits per heavy atom. The molecule has 1 atom stereocenters. The molecule has 2 heterocycles. The van der Waals surface area contributed by atoms with Gasteiger partial charge in [0.2, 0.25) is 0 Å². The van der Waals surface area contributed by atoms with Gasteiger partial charge in [-0.3, -0.25) is 0 Å². The summed E-state index contributed by atoms with van der Waals surface area (Å²) >= 11 is 6.52. The van der Waals surface area contributed by atoms with Gasteiger partial charge < -0.3 is 15.4 Å². The number of aromatic nitrogens is 2. The second kappa shape index (κ2) is 9.75. The first kappa shape index (κ1) is 21.7. The highest BCUT2D eigenvalue weighted by molar-refractivity contribution is 6.32. The van der Waals surface area contributed by atoms with Gasteiger partial charge in [0.1, 0.15) is 11.4 Å². The Bertz CT molecular complexity index is 1150. The first-order valence-corrected chi connectivity index (χ1v) is 11.1. The molecule has 0 bridgehead atoms. The lowest BCUT2D eigenvalue weighted by molar-refractivity contribution is 0.236. The quantitative estimate of drug-likeness (QED) is 0.574. The lowest BCUT2D eigenvalue weighted by Gasteiger charge is -2.15. The molecule has 0 saturated carbocycles. The third-order valence-electron chi connectivity index (χ3n) is 5.29. The van der Waals surface area contributed by atoms with E-state index in [0.29, 0.717) is 47.3 Å². The molecule has 0 fully saturated rings. The molecule has 7 nitrogen and oxygen atoms in total. The summed E-state index contributed by atoms with van der Waals surface area (Å²) in [5, 5.41) is 20.5. The number of hydrogen-bond acceptors (Lipinski definition) is 4. The molecule has 164 valence electrons. The fourth-order valence-electron chi connectivity index (χ4n) is 3.73. The maximum Gasteiger partial charge on any atom is 0.315 e. The van der Waals surface area contributed by atoms with Crippen LogP contribution in [-0.4, -0.2) is 29.0 Å². The summed E-state index contributed by atoms with van der Waals surface area (Å²) in [7, 11) is 0. The first-order chi connectivity index (χ1) is 15.6. The number of para-hydroxylation sites is 1. The monoisotopic (exact) mass is 449 g/mol. The minimum atomic E-state index is -0.301. The molecule has 4 rings (SSSR count). The lowest BCUT2D eigenvalue weighted by atomic mass is 10.0. The molecule has 1 aliphatic heterocycles. The van der Waals surface area contributed by atoms with Gasteiger partial charge in [0.05, 0.1) is 35.0 Å². The van der Waals surface area contributed by atoms with Gasteiger partial charge >= 0.3 is 6.03 Å². The van der Waals surface area contributed by atoms with Crippen LogP contribution in [0.25, 0.3) is 16.9 Å². The number of ether oxygens (including phenoxy) is 1. The van der Waals surface area contributed by atoms with Gasteiger partial charge in [-0.1, -0.05) is 42.8 Å². The van der Waals surface area contributed by atoms with Crippen LogP contribution in [0.5, 0.6) is 5.75 Å². The van der Waals surface area contributed by atoms with E-state index in [1.165, 1.54) is 0 Å². The van der Waals surface area contributed by atoms with Gasteiger partial charge in [0.25, 0.3) is 0 Å². The summed E-state index contributed by atoms with van der Waals surface area (Å²) in [6, 6.07) is 16.3. The molecular formula is C24H24ClN5O2. The van der Waals surface area contributed by atoms with Crippen LogP contribution < -0.4 is 15.4 Å². The van der Waals surface area contributed by atoms with Crippen molar-refractivity contribution in [2.45, 2.75) is 32.2 Å². The predicted molar refractivity (Wildman–Crippen MR) is 123 cm³/mol. The number of nitrogens with zero attached hydrogens (tertiary/aromatic N) is 3. The number of hydrogen-bond donors (Lipinski definition) is 2. The summed E-state index contributed by atoms with van der Waals surface area (Å²) in [6.45, 7) is 3.12. The minimum Gasteiger partial charge on any atom is -0.489 e. The first-order valence-electron chi connectivity index (χ1n) is 10.7. The van der Waals surface area contributed by atoms with Crippen LogP contribution in [-0.2, 0) is 0 Å². The zero-order valence-electron chi connectivity index (χ0n) is 17.8. The van der Waals surface area contributed by atoms with Crippen LogP contribution in [0, 0.1) is 11.3 Å². The second-order valence-electron chi connectivity index (χ2n) is 7.56. The number of halogens is 1. The maximum absolute atomic E-state index is 12.4. The van der Waals surface area contributed by atoms with Crippen molar-refractivity contribution in [2.24, 2.45) is 0 Å². The minimum absolute atomic E-state index is 0.225. The fourth-order valence-corrected chi connectivity index (χ4v) is 3.95. The average molecular weight is 450 g/mol. The molecule has 3 aromatic rings. The van der Waals surface area contributed by atoms with Crippen molar-refractivity contribution in [1.82, 2.24) is 20.4 Å². The number of fused-ring (bicyclic) bond motifs is 1. The van der Waals surface area contributed by atoms with Crippen LogP contribution >= 0.6 is 11.6 Å². The summed E-state index contributed by atoms with van der Waals surface area (Å²) in [4.78, 5) is 12.4. The maximum atomic E-state index is 12.4. The summed E-state index contributed by atoms with van der Waals surface area (Å²) < 4.78 is 7.92. The van der Waals surface area contributed by atoms with Crippen molar-refractivity contribution < 1.29 is 9.53 Å². The predicted octanol–water partition coefficient (Wildman–Crippen LogP) is 4.99. The molecule has 0 radical (unpaired) electrons. The van der Waals surface area contributed by atoms with Gasteiger partial charge in [0, 0.05) is 12.1 Å². The van der Waals surface area contributed by atoms with Crippen LogP contribution in [0.1, 0.15) is 43.5 Å². The summed E-state index contributed by atoms with van der Waals surface area (Å²) in [6.07, 6.45) is 2.35. The number of carbonyl (C=O) groups is 1. The van der Waals surface area contributed by atoms with Crippen LogP contribution in [0.3, 0.4) is 0 Å². The van der Waals surface area contributed by atoms with Crippen molar-refractivity contribution in [2.75, 3.05) is 13.2 Å². The Labute approximate surface area is 192 Å². The topological polar surface area (TPSA) is 92.0 Å². The molecule has 8 heteroatoms. The zero-order valence-corrected chi connectivity index (χ0v) is 18.5. The van der Waals surface area contributed by atoms with E-state index in [2.05, 4.69) is 16.7 Å². The van der Waals surface area contributed by atoms with E-state index in [-0.39, 0.29) is 12.1 Å². The van der Waals surface area contributed by atoms with Crippen molar-refractivity contribution in [3.8, 4) is 28.8 Å². The number of rotatable bonds is 5. The number of amides is 2. The molecule has 0 spiro atoms. The largest absolute Gasteiger partial charge is 0.489 e. The zero-order chi connectivity index (χ0) is 22.5. The Hall–Kier alpha value is -3.50. The van der Waals surface area contributed by atoms with E-state index >= 15 is 0 Å². The van der Waals surface area contributed by atoms with Gasteiger partial charge in [-0.25, -0.2) is 9.48 Å². The highest BCUT2D eigenvalue weighted by Gasteiger charge is 2.31. The van der Waals surface area contributed by atoms with E-state index in [4.69, 9.17) is 21.4 Å². The third kappa shape index (κ3) is 4.41. The van der Waals surface area contributed by atoms with E-state index in [9.17, 15) is 10.1 Å². The van der Waals surface area contributed by atoms with Crippen LogP contribution in [0.15, 0.2) is 48.5 Å². The fraction of sp³-hybridized carbons (Fsp3) is 0.292. The second-order valence-corrected chi connectivity index (χ2v) is 7.97. The van der Waals surface area contributed by atoms with Crippen molar-refractivity contribution in [1.29, 1.82) is 5.26 Å². The molecule has 2 amide bonds. The molecule has 0 aliphatic carbocycles. The molecule has 1 aliphatic rings. The third-order valence-corrected chi connectivity index (χ3v) is 5.61. The van der Waals surface area contributed by atoms with Gasteiger partial charge in [-0.15, -0.1) is 0 Å². The smallest absolute Gasteiger partial charge is 0.315 e. The molecule has 32 heavy (non-hydrogen) atoms. The van der Waals surface area contributed by atoms with Gasteiger partial charge in [-0.2, -0.15) is 10.4 Å². The Morgan fingerprint density at radius 1 is 1.28 bits per heavy atom. The molecule has 2 aromatic carbocycles. The van der Waals surface area contributed by atoms with Crippen LogP contribution in [0.4, 0.5) is 4.79 Å². The molecule has 0 saturated heterocycles. The number of nitriles is 1. The van der Waals surface area contributed by atoms with Gasteiger partial charge in [0.15, 0.2) is 5.75 Å². The average Bonchev–Trinajstić information content (AvgIpc) is 3.08. The standard InChI is InChI=1S/C24H24ClN5O2/c1-2-13-27-24(31)28-19-7-5-14-32-23-21(19)29-30(20-8-4-3-6-18(20)25)22(23)17-11-9-16(15-26)10-12-17/h3-4,6,8-12,19H,2,5,7,13-14H2,1H3,(H2,27,28,31). The van der Waals surface area contributed by atoms with E-state index < -0.39 is 0 Å². The Kier molecular flexibility index (Phi) is 6.62. The van der Waals surface area contributed by atoms with Crippen molar-refractivity contribution in [3.63, 3.8) is 0 Å². The summed E-state index contributed by atoms with van der Waals surface area (Å²) in [5.41, 5.74) is 3.51. The molecule has 1 unspecified atom stereocenters. The lowest BCUT2D eigenvalue weighted by Crippen LogP contribution is -2.38. The number of benzene rings is 2. The highest BCUT2D eigenvalue weighted by atomic mass is 35.5. The summed E-state index contributed by atoms with van der Waals surface area (Å²) in [5.74, 6) is 0.618. The van der Waals surface area contributed by atoms with Crippen molar-refractivity contribution >= 4 is 17.6 Å². The molecule has 2 N–H and O–H groups in total. The Morgan fingerprint density at radius 3 is 2.78 bits per heavy atom. The van der Waals surface area contributed by atoms with Gasteiger partial charge in [-0.05, 0) is 43.5 Å². The highest BCUT2D eigenvalue weighted by Crippen LogP contribution is 2.41. The number of nitrogens with one attached hydrogen (secondary N) is 2. The van der Waals surface area contributed by atoms with Crippen molar-refractivity contribution in [3.05, 3.63) is 64.8 Å². The molecular weight excluding hydrogens is 426 g/mol. The number of carbonyl (C=O) groups excluding carboxylic acids is 1.